The van der Waals surface area contributed by atoms with Crippen molar-refractivity contribution in [1.29, 1.82) is 0 Å². The molecule has 0 unspecified atom stereocenters. The lowest BCUT2D eigenvalue weighted by atomic mass is 9.99. The third kappa shape index (κ3) is 2.17. The highest BCUT2D eigenvalue weighted by Gasteiger charge is 2.24. The molecular weight excluding hydrogens is 322 g/mol. The molecule has 4 nitrogen and oxygen atoms in total. The summed E-state index contributed by atoms with van der Waals surface area (Å²) in [5.41, 5.74) is 5.25. The second-order valence-electron chi connectivity index (χ2n) is 6.24. The highest BCUT2D eigenvalue weighted by atomic mass is 19.2. The van der Waals surface area contributed by atoms with Crippen molar-refractivity contribution in [2.45, 2.75) is 19.4 Å². The van der Waals surface area contributed by atoms with Gasteiger partial charge >= 0.3 is 0 Å². The molecule has 1 aliphatic rings. The van der Waals surface area contributed by atoms with Gasteiger partial charge < -0.3 is 4.40 Å². The molecule has 0 spiro atoms. The van der Waals surface area contributed by atoms with Crippen LogP contribution in [0, 0.1) is 11.6 Å². The van der Waals surface area contributed by atoms with E-state index in [0.29, 0.717) is 11.3 Å². The van der Waals surface area contributed by atoms with Gasteiger partial charge in [0.25, 0.3) is 0 Å². The lowest BCUT2D eigenvalue weighted by molar-refractivity contribution is 0.509. The summed E-state index contributed by atoms with van der Waals surface area (Å²) in [6.07, 6.45) is 7.61. The Labute approximate surface area is 142 Å². The molecule has 0 saturated heterocycles. The Hall–Kier alpha value is -3.02. The third-order valence-corrected chi connectivity index (χ3v) is 4.71. The molecule has 6 heteroatoms. The highest BCUT2D eigenvalue weighted by Crippen LogP contribution is 2.37. The Morgan fingerprint density at radius 2 is 1.88 bits per heavy atom. The summed E-state index contributed by atoms with van der Waals surface area (Å²) >= 11 is 0. The van der Waals surface area contributed by atoms with E-state index in [2.05, 4.69) is 10.1 Å². The van der Waals surface area contributed by atoms with E-state index in [1.54, 1.807) is 12.3 Å². The highest BCUT2D eigenvalue weighted by molar-refractivity contribution is 5.83. The summed E-state index contributed by atoms with van der Waals surface area (Å²) in [6.45, 7) is 0.847. The molecule has 0 atom stereocenters. The van der Waals surface area contributed by atoms with Gasteiger partial charge in [-0.1, -0.05) is 0 Å². The molecule has 124 valence electrons. The molecule has 0 fully saturated rings. The maximum atomic E-state index is 13.7. The van der Waals surface area contributed by atoms with Crippen molar-refractivity contribution in [2.75, 3.05) is 0 Å². The molecular formula is C19H14F2N4. The summed E-state index contributed by atoms with van der Waals surface area (Å²) in [7, 11) is 0. The summed E-state index contributed by atoms with van der Waals surface area (Å²) in [4.78, 5) is 4.27. The van der Waals surface area contributed by atoms with Gasteiger partial charge in [-0.25, -0.2) is 13.8 Å². The van der Waals surface area contributed by atoms with Gasteiger partial charge in [0, 0.05) is 47.5 Å². The van der Waals surface area contributed by atoms with Crippen LogP contribution in [0.3, 0.4) is 0 Å². The zero-order valence-electron chi connectivity index (χ0n) is 13.3. The fourth-order valence-electron chi connectivity index (χ4n) is 3.55. The number of imidazole rings is 1. The number of aromatic nitrogens is 4. The first-order valence-corrected chi connectivity index (χ1v) is 8.19. The smallest absolute Gasteiger partial charge is 0.159 e. The van der Waals surface area contributed by atoms with E-state index in [9.17, 15) is 8.78 Å². The van der Waals surface area contributed by atoms with E-state index in [0.717, 1.165) is 47.9 Å². The van der Waals surface area contributed by atoms with E-state index in [-0.39, 0.29) is 0 Å². The molecule has 1 aliphatic heterocycles. The van der Waals surface area contributed by atoms with Crippen LogP contribution in [0.15, 0.2) is 48.9 Å². The number of aryl methyl sites for hydroxylation is 1. The topological polar surface area (TPSA) is 35.1 Å². The zero-order valence-corrected chi connectivity index (χ0v) is 13.3. The number of nitrogens with zero attached hydrogens (tertiary/aromatic N) is 4. The lowest BCUT2D eigenvalue weighted by Crippen LogP contribution is -1.94. The van der Waals surface area contributed by atoms with Gasteiger partial charge in [-0.05, 0) is 43.2 Å². The summed E-state index contributed by atoms with van der Waals surface area (Å²) < 4.78 is 31.0. The molecule has 4 heterocycles. The van der Waals surface area contributed by atoms with Gasteiger partial charge in [-0.15, -0.1) is 0 Å². The summed E-state index contributed by atoms with van der Waals surface area (Å²) in [5.74, 6) is -1.71. The number of hydrogen-bond acceptors (Lipinski definition) is 2. The molecule has 0 radical (unpaired) electrons. The minimum Gasteiger partial charge on any atom is -0.306 e. The Morgan fingerprint density at radius 1 is 1.00 bits per heavy atom. The molecule has 5 rings (SSSR count). The van der Waals surface area contributed by atoms with Crippen LogP contribution < -0.4 is 0 Å². The van der Waals surface area contributed by atoms with Gasteiger partial charge in [0.05, 0.1) is 0 Å². The Morgan fingerprint density at radius 3 is 2.76 bits per heavy atom. The number of rotatable bonds is 2. The standard InChI is InChI=1S/C19H14F2N4/c20-14-5-3-12(10-15(14)21)19-18(16-2-1-8-25(16)23-19)13-4-6-17-22-7-9-24(17)11-13/h3-7,9-11H,1-2,8H2. The van der Waals surface area contributed by atoms with Crippen LogP contribution in [-0.2, 0) is 13.0 Å². The maximum absolute atomic E-state index is 13.7. The molecule has 0 amide bonds. The molecule has 3 aromatic heterocycles. The minimum absolute atomic E-state index is 0.585. The molecule has 0 N–H and O–H groups in total. The van der Waals surface area contributed by atoms with Crippen molar-refractivity contribution >= 4 is 5.65 Å². The summed E-state index contributed by atoms with van der Waals surface area (Å²) in [6, 6.07) is 7.89. The molecule has 0 aliphatic carbocycles. The van der Waals surface area contributed by atoms with Crippen molar-refractivity contribution in [3.05, 3.63) is 66.3 Å². The van der Waals surface area contributed by atoms with Crippen LogP contribution in [0.1, 0.15) is 12.1 Å². The summed E-state index contributed by atoms with van der Waals surface area (Å²) in [5, 5.41) is 4.68. The van der Waals surface area contributed by atoms with E-state index >= 15 is 0 Å². The first-order valence-electron chi connectivity index (χ1n) is 8.19. The predicted octanol–water partition coefficient (Wildman–Crippen LogP) is 4.09. The van der Waals surface area contributed by atoms with Gasteiger partial charge in [0.1, 0.15) is 11.3 Å². The van der Waals surface area contributed by atoms with Crippen molar-refractivity contribution in [3.63, 3.8) is 0 Å². The zero-order chi connectivity index (χ0) is 17.0. The van der Waals surface area contributed by atoms with Crippen LogP contribution in [0.4, 0.5) is 8.78 Å². The van der Waals surface area contributed by atoms with Crippen LogP contribution in [0.5, 0.6) is 0 Å². The van der Waals surface area contributed by atoms with E-state index < -0.39 is 11.6 Å². The van der Waals surface area contributed by atoms with Crippen molar-refractivity contribution in [3.8, 4) is 22.4 Å². The number of halogens is 2. The van der Waals surface area contributed by atoms with E-state index in [1.165, 1.54) is 6.07 Å². The minimum atomic E-state index is -0.860. The Bertz CT molecular complexity index is 1110. The van der Waals surface area contributed by atoms with Gasteiger partial charge in [-0.3, -0.25) is 4.68 Å². The van der Waals surface area contributed by atoms with Crippen molar-refractivity contribution in [1.82, 2.24) is 19.2 Å². The first-order chi connectivity index (χ1) is 12.2. The second kappa shape index (κ2) is 5.24. The monoisotopic (exact) mass is 336 g/mol. The maximum Gasteiger partial charge on any atom is 0.159 e. The quantitative estimate of drug-likeness (QED) is 0.553. The molecule has 0 saturated carbocycles. The first kappa shape index (κ1) is 14.3. The van der Waals surface area contributed by atoms with Gasteiger partial charge in [-0.2, -0.15) is 5.10 Å². The van der Waals surface area contributed by atoms with Crippen molar-refractivity contribution < 1.29 is 8.78 Å². The van der Waals surface area contributed by atoms with Crippen LogP contribution in [0.2, 0.25) is 0 Å². The average molecular weight is 336 g/mol. The van der Waals surface area contributed by atoms with E-state index in [4.69, 9.17) is 0 Å². The lowest BCUT2D eigenvalue weighted by Gasteiger charge is -2.07. The fourth-order valence-corrected chi connectivity index (χ4v) is 3.55. The number of hydrogen-bond donors (Lipinski definition) is 0. The number of benzene rings is 1. The SMILES string of the molecule is Fc1ccc(-c2nn3c(c2-c2ccc4nccn4c2)CCC3)cc1F. The normalized spacial score (nSPS) is 13.5. The second-order valence-corrected chi connectivity index (χ2v) is 6.24. The van der Waals surface area contributed by atoms with Crippen LogP contribution in [0.25, 0.3) is 28.0 Å². The largest absolute Gasteiger partial charge is 0.306 e. The van der Waals surface area contributed by atoms with Crippen LogP contribution in [-0.4, -0.2) is 19.2 Å². The number of fused-ring (bicyclic) bond motifs is 2. The Balaban J connectivity index is 1.76. The molecule has 4 aromatic rings. The van der Waals surface area contributed by atoms with Crippen LogP contribution >= 0.6 is 0 Å². The fraction of sp³-hybridized carbons (Fsp3) is 0.158. The van der Waals surface area contributed by atoms with E-state index in [1.807, 2.05) is 33.6 Å². The predicted molar refractivity (Wildman–Crippen MR) is 90.1 cm³/mol. The third-order valence-electron chi connectivity index (χ3n) is 4.71. The Kier molecular flexibility index (Phi) is 3.00. The molecule has 25 heavy (non-hydrogen) atoms. The number of pyridine rings is 1. The molecule has 1 aromatic carbocycles. The average Bonchev–Trinajstić information content (AvgIpc) is 3.31. The van der Waals surface area contributed by atoms with Crippen molar-refractivity contribution in [2.24, 2.45) is 0 Å². The molecule has 0 bridgehead atoms. The van der Waals surface area contributed by atoms with Gasteiger partial charge in [0.15, 0.2) is 11.6 Å². The van der Waals surface area contributed by atoms with Gasteiger partial charge in [0.2, 0.25) is 0 Å².